The number of rotatable bonds is 11. The van der Waals surface area contributed by atoms with Crippen LogP contribution in [0, 0.1) is 0 Å². The molecule has 1 heterocycles. The van der Waals surface area contributed by atoms with Crippen molar-refractivity contribution >= 4 is 109 Å². The molecule has 16 heteroatoms. The van der Waals surface area contributed by atoms with E-state index in [1.165, 1.54) is 60.7 Å². The molecule has 1 fully saturated rings. The fourth-order valence-electron chi connectivity index (χ4n) is 5.43. The number of halogens is 5. The molecule has 6 rings (SSSR count). The van der Waals surface area contributed by atoms with E-state index in [9.17, 15) is 24.0 Å². The van der Waals surface area contributed by atoms with E-state index < -0.39 is 67.2 Å². The van der Waals surface area contributed by atoms with Crippen molar-refractivity contribution < 1.29 is 52.4 Å². The summed E-state index contributed by atoms with van der Waals surface area (Å²) in [5.74, 6) is -4.37. The molecule has 292 valence electrons. The highest BCUT2D eigenvalue weighted by molar-refractivity contribution is 9.11. The topological polar surface area (TPSA) is 141 Å². The molecule has 1 aliphatic rings. The number of ether oxygens (including phenoxy) is 6. The number of esters is 5. The molecule has 0 saturated carbocycles. The Hall–Kier alpha value is -4.19. The smallest absolute Gasteiger partial charge is 0.340 e. The number of carbonyl (C=O) groups is 5. The van der Waals surface area contributed by atoms with E-state index in [2.05, 4.69) is 79.6 Å². The Bertz CT molecular complexity index is 2230. The number of hydrogen-bond acceptors (Lipinski definition) is 11. The summed E-state index contributed by atoms with van der Waals surface area (Å²) in [6.07, 6.45) is -8.35. The van der Waals surface area contributed by atoms with Gasteiger partial charge in [-0.25, -0.2) is 24.0 Å². The van der Waals surface area contributed by atoms with E-state index in [-0.39, 0.29) is 27.8 Å². The number of benzene rings is 5. The SMILES string of the molecule is O=C(OC[C@@H]1O[C@@H](OC(=O)c2ccc(Br)cc2)[C@@H](OC(=O)c2ccc(Br)cc2)[C@H](OC(=O)c2ccc(Br)cc2)[C@H]1OC(=O)c1ccc(Br)cc1)c1ccc(Br)cc1. The lowest BCUT2D eigenvalue weighted by Crippen LogP contribution is -2.63. The van der Waals surface area contributed by atoms with Gasteiger partial charge in [0.2, 0.25) is 12.4 Å². The van der Waals surface area contributed by atoms with Gasteiger partial charge in [-0.3, -0.25) is 0 Å². The van der Waals surface area contributed by atoms with Crippen LogP contribution in [0.15, 0.2) is 144 Å². The average Bonchev–Trinajstić information content (AvgIpc) is 3.20. The molecule has 5 atom stereocenters. The Morgan fingerprint density at radius 3 is 1.02 bits per heavy atom. The molecule has 57 heavy (non-hydrogen) atoms. The van der Waals surface area contributed by atoms with Gasteiger partial charge in [0.05, 0.1) is 27.8 Å². The van der Waals surface area contributed by atoms with Crippen LogP contribution in [0.1, 0.15) is 51.8 Å². The standard InChI is InChI=1S/C41H27Br5O11/c42-27-11-1-22(2-12-27)36(47)52-21-32-33(54-37(48)23-3-13-28(43)14-4-23)34(55-38(49)24-5-15-29(44)16-6-24)35(56-39(50)25-7-17-30(45)18-8-25)41(53-32)57-40(51)26-9-19-31(46)20-10-26/h1-20,32-35,41H,21H2/t32-,33-,34+,35-,41-/m0/s1. The highest BCUT2D eigenvalue weighted by Crippen LogP contribution is 2.33. The molecular formula is C41H27Br5O11. The molecule has 5 aromatic rings. The van der Waals surface area contributed by atoms with E-state index in [1.54, 1.807) is 60.7 Å². The molecule has 0 N–H and O–H groups in total. The summed E-state index contributed by atoms with van der Waals surface area (Å²) in [7, 11) is 0. The number of hydrogen-bond donors (Lipinski definition) is 0. The summed E-state index contributed by atoms with van der Waals surface area (Å²) >= 11 is 16.7. The molecule has 0 radical (unpaired) electrons. The second-order valence-electron chi connectivity index (χ2n) is 12.2. The van der Waals surface area contributed by atoms with Crippen LogP contribution in [-0.2, 0) is 28.4 Å². The highest BCUT2D eigenvalue weighted by atomic mass is 79.9. The first-order chi connectivity index (χ1) is 27.3. The largest absolute Gasteiger partial charge is 0.459 e. The predicted molar refractivity (Wildman–Crippen MR) is 223 cm³/mol. The van der Waals surface area contributed by atoms with Gasteiger partial charge in [-0.05, 0) is 121 Å². The minimum atomic E-state index is -1.80. The molecule has 0 bridgehead atoms. The second-order valence-corrected chi connectivity index (χ2v) is 16.8. The van der Waals surface area contributed by atoms with Gasteiger partial charge in [-0.1, -0.05) is 79.6 Å². The maximum atomic E-state index is 13.9. The molecule has 1 saturated heterocycles. The lowest BCUT2D eigenvalue weighted by Gasteiger charge is -2.43. The summed E-state index contributed by atoms with van der Waals surface area (Å²) in [5, 5.41) is 0. The van der Waals surface area contributed by atoms with Crippen molar-refractivity contribution in [2.75, 3.05) is 6.61 Å². The van der Waals surface area contributed by atoms with Gasteiger partial charge < -0.3 is 28.4 Å². The van der Waals surface area contributed by atoms with Crippen molar-refractivity contribution in [1.29, 1.82) is 0 Å². The molecule has 11 nitrogen and oxygen atoms in total. The Morgan fingerprint density at radius 1 is 0.386 bits per heavy atom. The zero-order valence-corrected chi connectivity index (χ0v) is 37.0. The second kappa shape index (κ2) is 19.5. The molecule has 0 aromatic heterocycles. The molecule has 5 aromatic carbocycles. The third kappa shape index (κ3) is 11.3. The van der Waals surface area contributed by atoms with E-state index in [4.69, 9.17) is 28.4 Å². The quantitative estimate of drug-likeness (QED) is 0.0922. The van der Waals surface area contributed by atoms with E-state index in [0.29, 0.717) is 17.9 Å². The Balaban J connectivity index is 1.43. The monoisotopic (exact) mass is 1090 g/mol. The molecule has 0 spiro atoms. The first kappa shape index (κ1) is 42.4. The third-order valence-electron chi connectivity index (χ3n) is 8.32. The van der Waals surface area contributed by atoms with E-state index in [0.717, 1.165) is 4.47 Å². The van der Waals surface area contributed by atoms with Gasteiger partial charge in [0, 0.05) is 22.4 Å². The fourth-order valence-corrected chi connectivity index (χ4v) is 6.75. The Morgan fingerprint density at radius 2 is 0.667 bits per heavy atom. The highest BCUT2D eigenvalue weighted by Gasteiger charge is 2.54. The van der Waals surface area contributed by atoms with Gasteiger partial charge in [0.25, 0.3) is 0 Å². The van der Waals surface area contributed by atoms with Crippen molar-refractivity contribution in [3.63, 3.8) is 0 Å². The van der Waals surface area contributed by atoms with Crippen molar-refractivity contribution in [1.82, 2.24) is 0 Å². The predicted octanol–water partition coefficient (Wildman–Crippen LogP) is 9.91. The minimum absolute atomic E-state index is 0.0855. The van der Waals surface area contributed by atoms with Crippen LogP contribution >= 0.6 is 79.6 Å². The van der Waals surface area contributed by atoms with Gasteiger partial charge in [0.15, 0.2) is 12.2 Å². The van der Waals surface area contributed by atoms with Crippen LogP contribution in [0.25, 0.3) is 0 Å². The van der Waals surface area contributed by atoms with E-state index in [1.807, 2.05) is 0 Å². The molecule has 0 amide bonds. The zero-order chi connectivity index (χ0) is 40.6. The summed E-state index contributed by atoms with van der Waals surface area (Å²) < 4.78 is 39.4. The van der Waals surface area contributed by atoms with Crippen LogP contribution in [0.5, 0.6) is 0 Å². The zero-order valence-electron chi connectivity index (χ0n) is 29.0. The molecule has 0 unspecified atom stereocenters. The summed E-state index contributed by atoms with van der Waals surface area (Å²) in [6, 6.07) is 31.2. The average molecular weight is 1100 g/mol. The summed E-state index contributed by atoms with van der Waals surface area (Å²) in [4.78, 5) is 68.4. The van der Waals surface area contributed by atoms with Crippen LogP contribution in [0.3, 0.4) is 0 Å². The molecule has 0 aliphatic carbocycles. The fraction of sp³-hybridized carbons (Fsp3) is 0.146. The van der Waals surface area contributed by atoms with Crippen molar-refractivity contribution in [3.05, 3.63) is 172 Å². The van der Waals surface area contributed by atoms with Crippen LogP contribution in [0.4, 0.5) is 0 Å². The molecule has 1 aliphatic heterocycles. The minimum Gasteiger partial charge on any atom is -0.459 e. The first-order valence-corrected chi connectivity index (χ1v) is 20.8. The van der Waals surface area contributed by atoms with Crippen molar-refractivity contribution in [3.8, 4) is 0 Å². The van der Waals surface area contributed by atoms with Crippen molar-refractivity contribution in [2.24, 2.45) is 0 Å². The summed E-state index contributed by atoms with van der Waals surface area (Å²) in [6.45, 7) is -0.598. The van der Waals surface area contributed by atoms with E-state index >= 15 is 0 Å². The third-order valence-corrected chi connectivity index (χ3v) is 11.0. The van der Waals surface area contributed by atoms with Gasteiger partial charge >= 0.3 is 29.8 Å². The molecular weight excluding hydrogens is 1070 g/mol. The van der Waals surface area contributed by atoms with Crippen LogP contribution in [-0.4, -0.2) is 67.2 Å². The maximum Gasteiger partial charge on any atom is 0.340 e. The lowest BCUT2D eigenvalue weighted by atomic mass is 9.97. The van der Waals surface area contributed by atoms with Crippen LogP contribution < -0.4 is 0 Å². The van der Waals surface area contributed by atoms with Gasteiger partial charge in [0.1, 0.15) is 12.7 Å². The normalized spacial score (nSPS) is 18.8. The first-order valence-electron chi connectivity index (χ1n) is 16.8. The Labute approximate surface area is 367 Å². The van der Waals surface area contributed by atoms with Gasteiger partial charge in [-0.15, -0.1) is 0 Å². The van der Waals surface area contributed by atoms with Crippen molar-refractivity contribution in [2.45, 2.75) is 30.7 Å². The van der Waals surface area contributed by atoms with Gasteiger partial charge in [-0.2, -0.15) is 0 Å². The summed E-state index contributed by atoms with van der Waals surface area (Å²) in [5.41, 5.74) is 0.569. The maximum absolute atomic E-state index is 13.9. The number of carbonyl (C=O) groups excluding carboxylic acids is 5. The van der Waals surface area contributed by atoms with Crippen LogP contribution in [0.2, 0.25) is 0 Å². The Kier molecular flexibility index (Phi) is 14.5. The lowest BCUT2D eigenvalue weighted by molar-refractivity contribution is -0.282.